The summed E-state index contributed by atoms with van der Waals surface area (Å²) in [6.45, 7) is -1.12. The van der Waals surface area contributed by atoms with Gasteiger partial charge in [-0.05, 0) is 0 Å². The van der Waals surface area contributed by atoms with E-state index < -0.39 is 30.9 Å². The van der Waals surface area contributed by atoms with Crippen LogP contribution in [0.3, 0.4) is 0 Å². The lowest BCUT2D eigenvalue weighted by Gasteiger charge is -2.28. The van der Waals surface area contributed by atoms with Gasteiger partial charge in [-0.25, -0.2) is 14.6 Å². The van der Waals surface area contributed by atoms with Crippen LogP contribution in [0.5, 0.6) is 0 Å². The molecule has 0 aliphatic rings. The Kier molecular flexibility index (Phi) is 4.61. The topological polar surface area (TPSA) is 58.9 Å². The minimum atomic E-state index is -5.89. The van der Waals surface area contributed by atoms with Crippen molar-refractivity contribution in [1.82, 2.24) is 0 Å². The molecule has 0 aliphatic carbocycles. The van der Waals surface area contributed by atoms with E-state index >= 15 is 0 Å². The number of hydrogen-bond acceptors (Lipinski definition) is 4. The molecule has 0 atom stereocenters. The largest absolute Gasteiger partial charge is 0.421 e. The highest BCUT2D eigenvalue weighted by Crippen LogP contribution is 2.47. The SMILES string of the molecule is O=C=NCCC(F)(F)C(F)(F)C(F)(F)N=C=O. The van der Waals surface area contributed by atoms with E-state index in [0.717, 1.165) is 6.08 Å². The van der Waals surface area contributed by atoms with Crippen molar-refractivity contribution in [2.75, 3.05) is 6.54 Å². The summed E-state index contributed by atoms with van der Waals surface area (Å²) in [5, 5.41) is 0. The quantitative estimate of drug-likeness (QED) is 0.318. The van der Waals surface area contributed by atoms with E-state index in [9.17, 15) is 35.9 Å². The van der Waals surface area contributed by atoms with Crippen LogP contribution in [-0.2, 0) is 9.59 Å². The molecule has 0 aromatic rings. The zero-order valence-electron chi connectivity index (χ0n) is 7.89. The van der Waals surface area contributed by atoms with Crippen LogP contribution in [0.15, 0.2) is 9.98 Å². The number of isocyanates is 2. The predicted molar refractivity (Wildman–Crippen MR) is 40.6 cm³/mol. The van der Waals surface area contributed by atoms with Crippen LogP contribution < -0.4 is 0 Å². The maximum Gasteiger partial charge on any atom is 0.421 e. The summed E-state index contributed by atoms with van der Waals surface area (Å²) in [4.78, 5) is 22.8. The zero-order chi connectivity index (χ0) is 13.7. The second-order valence-corrected chi connectivity index (χ2v) is 2.75. The Bertz CT molecular complexity index is 371. The van der Waals surface area contributed by atoms with Crippen molar-refractivity contribution in [3.63, 3.8) is 0 Å². The molecule has 0 N–H and O–H groups in total. The standard InChI is InChI=1S/C7H4F6N2O2/c8-5(9,1-2-14-3-16)6(10,11)7(12,13)15-4-17/h1-2H2. The van der Waals surface area contributed by atoms with Gasteiger partial charge in [0.1, 0.15) is 0 Å². The lowest BCUT2D eigenvalue weighted by Crippen LogP contribution is -2.53. The van der Waals surface area contributed by atoms with E-state index in [2.05, 4.69) is 4.99 Å². The fourth-order valence-electron chi connectivity index (χ4n) is 0.747. The second kappa shape index (κ2) is 5.11. The second-order valence-electron chi connectivity index (χ2n) is 2.75. The molecule has 96 valence electrons. The Morgan fingerprint density at radius 2 is 1.47 bits per heavy atom. The van der Waals surface area contributed by atoms with Gasteiger partial charge in [-0.2, -0.15) is 26.3 Å². The minimum absolute atomic E-state index is 0.0793. The van der Waals surface area contributed by atoms with Gasteiger partial charge in [0.2, 0.25) is 12.2 Å². The molecule has 17 heavy (non-hydrogen) atoms. The van der Waals surface area contributed by atoms with Crippen molar-refractivity contribution in [3.8, 4) is 0 Å². The summed E-state index contributed by atoms with van der Waals surface area (Å²) in [6.07, 6.45) is -0.962. The van der Waals surface area contributed by atoms with Crippen molar-refractivity contribution in [1.29, 1.82) is 0 Å². The summed E-state index contributed by atoms with van der Waals surface area (Å²) in [6, 6.07) is -5.59. The van der Waals surface area contributed by atoms with Crippen molar-refractivity contribution >= 4 is 12.2 Å². The molecule has 0 saturated carbocycles. The monoisotopic (exact) mass is 262 g/mol. The average Bonchev–Trinajstić information content (AvgIpc) is 2.17. The van der Waals surface area contributed by atoms with E-state index in [0.29, 0.717) is 0 Å². The highest BCUT2D eigenvalue weighted by atomic mass is 19.3. The summed E-state index contributed by atoms with van der Waals surface area (Å²) in [7, 11) is 0. The first-order valence-electron chi connectivity index (χ1n) is 3.88. The first-order valence-corrected chi connectivity index (χ1v) is 3.88. The van der Waals surface area contributed by atoms with Gasteiger partial charge in [-0.15, -0.1) is 4.99 Å². The molecular formula is C7H4F6N2O2. The molecule has 0 rings (SSSR count). The highest BCUT2D eigenvalue weighted by Gasteiger charge is 2.71. The van der Waals surface area contributed by atoms with E-state index in [1.165, 1.54) is 4.99 Å². The molecule has 0 aliphatic heterocycles. The van der Waals surface area contributed by atoms with Crippen LogP contribution in [-0.4, -0.2) is 36.6 Å². The first-order chi connectivity index (χ1) is 7.62. The molecule has 0 spiro atoms. The average molecular weight is 262 g/mol. The number of alkyl halides is 6. The number of nitrogens with zero attached hydrogens (tertiary/aromatic N) is 2. The van der Waals surface area contributed by atoms with E-state index in [4.69, 9.17) is 0 Å². The molecule has 0 saturated heterocycles. The molecule has 0 unspecified atom stereocenters. The number of rotatable bonds is 6. The molecule has 4 nitrogen and oxygen atoms in total. The molecule has 0 aromatic carbocycles. The van der Waals surface area contributed by atoms with E-state index in [1.54, 1.807) is 0 Å². The Hall–Kier alpha value is -1.66. The predicted octanol–water partition coefficient (Wildman–Crippen LogP) is 1.91. The lowest BCUT2D eigenvalue weighted by atomic mass is 10.1. The first kappa shape index (κ1) is 15.3. The Morgan fingerprint density at radius 1 is 0.941 bits per heavy atom. The minimum Gasteiger partial charge on any atom is -0.211 e. The number of aliphatic imine (C=N–C) groups is 2. The Balaban J connectivity index is 5.13. The van der Waals surface area contributed by atoms with Crippen LogP contribution in [0.4, 0.5) is 26.3 Å². The van der Waals surface area contributed by atoms with Crippen molar-refractivity contribution in [2.24, 2.45) is 9.98 Å². The molecular weight excluding hydrogens is 258 g/mol. The van der Waals surface area contributed by atoms with Crippen LogP contribution in [0, 0.1) is 0 Å². The number of hydrogen-bond donors (Lipinski definition) is 0. The van der Waals surface area contributed by atoms with Crippen LogP contribution in [0.25, 0.3) is 0 Å². The van der Waals surface area contributed by atoms with Crippen LogP contribution >= 0.6 is 0 Å². The van der Waals surface area contributed by atoms with Gasteiger partial charge in [0.25, 0.3) is 0 Å². The summed E-state index contributed by atoms with van der Waals surface area (Å²) >= 11 is 0. The van der Waals surface area contributed by atoms with Gasteiger partial charge in [0.05, 0.1) is 6.54 Å². The third kappa shape index (κ3) is 3.15. The van der Waals surface area contributed by atoms with Crippen molar-refractivity contribution < 1.29 is 35.9 Å². The fourth-order valence-corrected chi connectivity index (χ4v) is 0.747. The van der Waals surface area contributed by atoms with Crippen molar-refractivity contribution in [2.45, 2.75) is 24.3 Å². The fraction of sp³-hybridized carbons (Fsp3) is 0.714. The molecule has 0 heterocycles. The normalized spacial score (nSPS) is 12.6. The van der Waals surface area contributed by atoms with Gasteiger partial charge in [-0.3, -0.25) is 0 Å². The van der Waals surface area contributed by atoms with E-state index in [1.807, 2.05) is 0 Å². The zero-order valence-corrected chi connectivity index (χ0v) is 7.89. The number of carbonyl (C=O) groups excluding carboxylic acids is 2. The van der Waals surface area contributed by atoms with E-state index in [-0.39, 0.29) is 6.08 Å². The van der Waals surface area contributed by atoms with Crippen LogP contribution in [0.1, 0.15) is 6.42 Å². The van der Waals surface area contributed by atoms with Gasteiger partial charge in [0.15, 0.2) is 0 Å². The van der Waals surface area contributed by atoms with Gasteiger partial charge < -0.3 is 0 Å². The van der Waals surface area contributed by atoms with Crippen LogP contribution in [0.2, 0.25) is 0 Å². The molecule has 0 aromatic heterocycles. The molecule has 10 heteroatoms. The molecule has 0 amide bonds. The van der Waals surface area contributed by atoms with Crippen molar-refractivity contribution in [3.05, 3.63) is 0 Å². The maximum atomic E-state index is 12.7. The van der Waals surface area contributed by atoms with Gasteiger partial charge in [0, 0.05) is 6.42 Å². The molecule has 0 bridgehead atoms. The molecule has 0 fully saturated rings. The summed E-state index contributed by atoms with van der Waals surface area (Å²) in [5.41, 5.74) is 0. The molecule has 0 radical (unpaired) electrons. The third-order valence-electron chi connectivity index (χ3n) is 1.63. The summed E-state index contributed by atoms with van der Waals surface area (Å²) in [5.74, 6) is -11.1. The smallest absolute Gasteiger partial charge is 0.211 e. The summed E-state index contributed by atoms with van der Waals surface area (Å²) < 4.78 is 75.7. The highest BCUT2D eigenvalue weighted by molar-refractivity contribution is 5.34. The Morgan fingerprint density at radius 3 is 1.88 bits per heavy atom. The maximum absolute atomic E-state index is 12.7. The van der Waals surface area contributed by atoms with Gasteiger partial charge >= 0.3 is 17.9 Å². The number of halogens is 6. The Labute approximate surface area is 90.0 Å². The van der Waals surface area contributed by atoms with Gasteiger partial charge in [-0.1, -0.05) is 0 Å². The third-order valence-corrected chi connectivity index (χ3v) is 1.63. The lowest BCUT2D eigenvalue weighted by molar-refractivity contribution is -0.306.